The molecule has 5 nitrogen and oxygen atoms in total. The molecular weight excluding hydrogens is 428 g/mol. The number of aromatic nitrogens is 1. The number of hydrogen-bond acceptors (Lipinski definition) is 5. The normalized spacial score (nSPS) is 14.7. The number of amides is 1. The van der Waals surface area contributed by atoms with Gasteiger partial charge in [0.25, 0.3) is 0 Å². The highest BCUT2D eigenvalue weighted by Gasteiger charge is 2.28. The lowest BCUT2D eigenvalue weighted by atomic mass is 10.1. The smallest absolute Gasteiger partial charge is 0.341 e. The maximum absolute atomic E-state index is 13.1. The Morgan fingerprint density at radius 2 is 2.00 bits per heavy atom. The van der Waals surface area contributed by atoms with Crippen LogP contribution in [0.2, 0.25) is 0 Å². The van der Waals surface area contributed by atoms with Gasteiger partial charge in [-0.15, -0.1) is 23.1 Å². The molecule has 0 aliphatic heterocycles. The standard InChI is InChI=1S/C24H28N2O3S2/c1-4-29-24(28)21-17-11-6-5-7-13-19(17)31-23(21)25-22(27)15(2)30-20-14-26(3)18-12-9-8-10-16(18)20/h8-10,12,14-15H,4-7,11,13H2,1-3H3,(H,25,27). The molecule has 1 aromatic carbocycles. The van der Waals surface area contributed by atoms with Crippen molar-refractivity contribution in [3.05, 3.63) is 46.5 Å². The fraction of sp³-hybridized carbons (Fsp3) is 0.417. The van der Waals surface area contributed by atoms with Crippen molar-refractivity contribution in [3.63, 3.8) is 0 Å². The summed E-state index contributed by atoms with van der Waals surface area (Å²) in [5, 5.41) is 4.53. The SMILES string of the molecule is CCOC(=O)c1c(NC(=O)C(C)Sc2cn(C)c3ccccc23)sc2c1CCCCC2. The number of thiophene rings is 1. The van der Waals surface area contributed by atoms with Crippen LogP contribution < -0.4 is 5.32 Å². The zero-order valence-corrected chi connectivity index (χ0v) is 19.8. The number of nitrogens with zero attached hydrogens (tertiary/aromatic N) is 1. The van der Waals surface area contributed by atoms with Gasteiger partial charge >= 0.3 is 5.97 Å². The molecule has 0 radical (unpaired) electrons. The lowest BCUT2D eigenvalue weighted by molar-refractivity contribution is -0.115. The van der Waals surface area contributed by atoms with Crippen LogP contribution in [0.25, 0.3) is 10.9 Å². The Morgan fingerprint density at radius 3 is 2.81 bits per heavy atom. The highest BCUT2D eigenvalue weighted by molar-refractivity contribution is 8.00. The minimum Gasteiger partial charge on any atom is -0.462 e. The van der Waals surface area contributed by atoms with Crippen molar-refractivity contribution in [1.29, 1.82) is 0 Å². The van der Waals surface area contributed by atoms with E-state index in [1.54, 1.807) is 11.3 Å². The number of nitrogens with one attached hydrogen (secondary N) is 1. The number of carbonyl (C=O) groups excluding carboxylic acids is 2. The van der Waals surface area contributed by atoms with Gasteiger partial charge in [0.2, 0.25) is 5.91 Å². The average molecular weight is 457 g/mol. The molecule has 2 aromatic heterocycles. The van der Waals surface area contributed by atoms with E-state index < -0.39 is 0 Å². The molecule has 1 unspecified atom stereocenters. The second-order valence-corrected chi connectivity index (χ2v) is 10.3. The van der Waals surface area contributed by atoms with Crippen molar-refractivity contribution in [2.24, 2.45) is 7.05 Å². The number of esters is 1. The van der Waals surface area contributed by atoms with E-state index in [2.05, 4.69) is 28.2 Å². The van der Waals surface area contributed by atoms with Gasteiger partial charge in [0.15, 0.2) is 0 Å². The second-order valence-electron chi connectivity index (χ2n) is 7.86. The molecule has 0 bridgehead atoms. The predicted octanol–water partition coefficient (Wildman–Crippen LogP) is 5.80. The number of aryl methyl sites for hydroxylation is 2. The van der Waals surface area contributed by atoms with E-state index in [1.807, 2.05) is 33.0 Å². The van der Waals surface area contributed by atoms with E-state index in [1.165, 1.54) is 23.1 Å². The monoisotopic (exact) mass is 456 g/mol. The molecule has 1 aliphatic rings. The van der Waals surface area contributed by atoms with Gasteiger partial charge in [-0.05, 0) is 51.2 Å². The van der Waals surface area contributed by atoms with Gasteiger partial charge in [0, 0.05) is 33.9 Å². The predicted molar refractivity (Wildman–Crippen MR) is 128 cm³/mol. The van der Waals surface area contributed by atoms with Crippen molar-refractivity contribution < 1.29 is 14.3 Å². The van der Waals surface area contributed by atoms with E-state index in [0.29, 0.717) is 17.2 Å². The van der Waals surface area contributed by atoms with Crippen molar-refractivity contribution >= 4 is 50.9 Å². The molecule has 2 heterocycles. The van der Waals surface area contributed by atoms with Crippen LogP contribution in [0.5, 0.6) is 0 Å². The maximum Gasteiger partial charge on any atom is 0.341 e. The topological polar surface area (TPSA) is 60.3 Å². The second kappa shape index (κ2) is 9.49. The van der Waals surface area contributed by atoms with Crippen molar-refractivity contribution in [3.8, 4) is 0 Å². The molecule has 7 heteroatoms. The van der Waals surface area contributed by atoms with Crippen LogP contribution in [0, 0.1) is 0 Å². The van der Waals surface area contributed by atoms with Crippen LogP contribution in [0.4, 0.5) is 5.00 Å². The zero-order chi connectivity index (χ0) is 22.0. The number of rotatable bonds is 6. The number of carbonyl (C=O) groups is 2. The molecule has 0 saturated carbocycles. The summed E-state index contributed by atoms with van der Waals surface area (Å²) in [5.74, 6) is -0.425. The van der Waals surface area contributed by atoms with Gasteiger partial charge in [-0.25, -0.2) is 4.79 Å². The number of benzene rings is 1. The molecule has 1 amide bonds. The molecule has 3 aromatic rings. The molecule has 0 saturated heterocycles. The zero-order valence-electron chi connectivity index (χ0n) is 18.2. The number of ether oxygens (including phenoxy) is 1. The van der Waals surface area contributed by atoms with E-state index >= 15 is 0 Å². The van der Waals surface area contributed by atoms with Crippen LogP contribution in [0.15, 0.2) is 35.4 Å². The van der Waals surface area contributed by atoms with Crippen molar-refractivity contribution in [2.75, 3.05) is 11.9 Å². The lowest BCUT2D eigenvalue weighted by Crippen LogP contribution is -2.23. The summed E-state index contributed by atoms with van der Waals surface area (Å²) in [7, 11) is 2.02. The number of anilines is 1. The van der Waals surface area contributed by atoms with Gasteiger partial charge in [-0.3, -0.25) is 4.79 Å². The minimum absolute atomic E-state index is 0.0973. The summed E-state index contributed by atoms with van der Waals surface area (Å²) in [6.07, 6.45) is 7.26. The van der Waals surface area contributed by atoms with Crippen LogP contribution >= 0.6 is 23.1 Å². The molecule has 0 fully saturated rings. The van der Waals surface area contributed by atoms with Crippen LogP contribution in [-0.2, 0) is 29.4 Å². The van der Waals surface area contributed by atoms with Gasteiger partial charge in [0.1, 0.15) is 5.00 Å². The molecule has 1 N–H and O–H groups in total. The number of para-hydroxylation sites is 1. The first-order valence-electron chi connectivity index (χ1n) is 10.8. The van der Waals surface area contributed by atoms with E-state index in [4.69, 9.17) is 4.74 Å². The Kier molecular flexibility index (Phi) is 6.72. The Hall–Kier alpha value is -2.25. The molecular formula is C24H28N2O3S2. The molecule has 4 rings (SSSR count). The third kappa shape index (κ3) is 4.53. The molecule has 1 aliphatic carbocycles. The van der Waals surface area contributed by atoms with Gasteiger partial charge in [-0.1, -0.05) is 24.6 Å². The third-order valence-electron chi connectivity index (χ3n) is 5.67. The lowest BCUT2D eigenvalue weighted by Gasteiger charge is -2.12. The van der Waals surface area contributed by atoms with E-state index in [9.17, 15) is 9.59 Å². The summed E-state index contributed by atoms with van der Waals surface area (Å²) >= 11 is 3.08. The van der Waals surface area contributed by atoms with Crippen molar-refractivity contribution in [1.82, 2.24) is 4.57 Å². The Morgan fingerprint density at radius 1 is 1.23 bits per heavy atom. The van der Waals surface area contributed by atoms with Crippen LogP contribution in [0.3, 0.4) is 0 Å². The molecule has 0 spiro atoms. The van der Waals surface area contributed by atoms with Crippen molar-refractivity contribution in [2.45, 2.75) is 56.1 Å². The first-order valence-corrected chi connectivity index (χ1v) is 12.5. The van der Waals surface area contributed by atoms with Crippen LogP contribution in [-0.4, -0.2) is 28.3 Å². The maximum atomic E-state index is 13.1. The first-order chi connectivity index (χ1) is 15.0. The largest absolute Gasteiger partial charge is 0.462 e. The fourth-order valence-electron chi connectivity index (χ4n) is 4.11. The van der Waals surface area contributed by atoms with E-state index in [0.717, 1.165) is 47.0 Å². The minimum atomic E-state index is -0.327. The molecule has 31 heavy (non-hydrogen) atoms. The number of fused-ring (bicyclic) bond motifs is 2. The van der Waals surface area contributed by atoms with Gasteiger partial charge in [-0.2, -0.15) is 0 Å². The Labute approximate surface area is 191 Å². The summed E-state index contributed by atoms with van der Waals surface area (Å²) in [4.78, 5) is 28.1. The highest BCUT2D eigenvalue weighted by Crippen LogP contribution is 2.39. The first kappa shape index (κ1) is 22.0. The molecule has 164 valence electrons. The average Bonchev–Trinajstić information content (AvgIpc) is 3.15. The summed E-state index contributed by atoms with van der Waals surface area (Å²) in [5.41, 5.74) is 2.79. The Balaban J connectivity index is 1.56. The fourth-order valence-corrected chi connectivity index (χ4v) is 6.45. The summed E-state index contributed by atoms with van der Waals surface area (Å²) < 4.78 is 7.41. The van der Waals surface area contributed by atoms with Gasteiger partial charge < -0.3 is 14.6 Å². The summed E-state index contributed by atoms with van der Waals surface area (Å²) in [6.45, 7) is 4.04. The van der Waals surface area contributed by atoms with Gasteiger partial charge in [0.05, 0.1) is 17.4 Å². The quantitative estimate of drug-likeness (QED) is 0.289. The highest BCUT2D eigenvalue weighted by atomic mass is 32.2. The summed E-state index contributed by atoms with van der Waals surface area (Å²) in [6, 6.07) is 8.19. The number of hydrogen-bond donors (Lipinski definition) is 1. The molecule has 1 atom stereocenters. The van der Waals surface area contributed by atoms with E-state index in [-0.39, 0.29) is 17.1 Å². The van der Waals surface area contributed by atoms with Crippen LogP contribution in [0.1, 0.15) is 53.9 Å². The Bertz CT molecular complexity index is 1120. The third-order valence-corrected chi connectivity index (χ3v) is 8.03. The number of thioether (sulfide) groups is 1.